The van der Waals surface area contributed by atoms with Gasteiger partial charge in [0.2, 0.25) is 0 Å². The van der Waals surface area contributed by atoms with Gasteiger partial charge in [-0.2, -0.15) is 0 Å². The predicted octanol–water partition coefficient (Wildman–Crippen LogP) is 5.35. The molecule has 0 N–H and O–H groups in total. The number of rotatable bonds is 5. The van der Waals surface area contributed by atoms with Crippen molar-refractivity contribution >= 4 is 22.6 Å². The van der Waals surface area contributed by atoms with Crippen LogP contribution < -0.4 is 14.2 Å². The molecule has 0 aliphatic carbocycles. The molecule has 150 valence electrons. The number of terminal acetylenes is 1. The SMILES string of the molecule is C#Cc1nc2cc(-c3cc(OC)cc(OC)c3)ccc2n1-c1ccc(OC)c(Cl)c1. The van der Waals surface area contributed by atoms with Crippen LogP contribution in [0.15, 0.2) is 54.6 Å². The Kier molecular flexibility index (Phi) is 5.26. The fourth-order valence-electron chi connectivity index (χ4n) is 3.39. The summed E-state index contributed by atoms with van der Waals surface area (Å²) in [5.41, 5.74) is 4.39. The zero-order valence-electron chi connectivity index (χ0n) is 16.8. The predicted molar refractivity (Wildman–Crippen MR) is 119 cm³/mol. The maximum Gasteiger partial charge on any atom is 0.190 e. The van der Waals surface area contributed by atoms with Crippen LogP contribution in [-0.2, 0) is 0 Å². The van der Waals surface area contributed by atoms with Crippen LogP contribution >= 0.6 is 11.6 Å². The zero-order valence-corrected chi connectivity index (χ0v) is 17.5. The first-order chi connectivity index (χ1) is 14.6. The van der Waals surface area contributed by atoms with E-state index in [-0.39, 0.29) is 0 Å². The Bertz CT molecular complexity index is 1270. The number of methoxy groups -OCH3 is 3. The summed E-state index contributed by atoms with van der Waals surface area (Å²) in [5.74, 6) is 5.19. The van der Waals surface area contributed by atoms with Crippen LogP contribution in [0.5, 0.6) is 17.2 Å². The first kappa shape index (κ1) is 19.7. The average molecular weight is 419 g/mol. The lowest BCUT2D eigenvalue weighted by atomic mass is 10.0. The van der Waals surface area contributed by atoms with E-state index in [0.717, 1.165) is 27.8 Å². The van der Waals surface area contributed by atoms with Gasteiger partial charge in [0.1, 0.15) is 17.2 Å². The molecule has 0 atom stereocenters. The largest absolute Gasteiger partial charge is 0.497 e. The van der Waals surface area contributed by atoms with Gasteiger partial charge in [-0.1, -0.05) is 17.7 Å². The van der Waals surface area contributed by atoms with Crippen molar-refractivity contribution in [2.75, 3.05) is 21.3 Å². The Balaban J connectivity index is 1.87. The van der Waals surface area contributed by atoms with Crippen molar-refractivity contribution < 1.29 is 14.2 Å². The van der Waals surface area contributed by atoms with Gasteiger partial charge in [0.15, 0.2) is 5.82 Å². The maximum absolute atomic E-state index is 6.32. The number of hydrogen-bond acceptors (Lipinski definition) is 4. The monoisotopic (exact) mass is 418 g/mol. The minimum Gasteiger partial charge on any atom is -0.497 e. The second-order valence-electron chi connectivity index (χ2n) is 6.54. The second-order valence-corrected chi connectivity index (χ2v) is 6.95. The van der Waals surface area contributed by atoms with Crippen molar-refractivity contribution in [3.05, 3.63) is 65.4 Å². The topological polar surface area (TPSA) is 45.5 Å². The van der Waals surface area contributed by atoms with Crippen LogP contribution in [0.3, 0.4) is 0 Å². The number of imidazole rings is 1. The summed E-state index contributed by atoms with van der Waals surface area (Å²) < 4.78 is 17.9. The number of ether oxygens (including phenoxy) is 3. The Morgan fingerprint density at radius 2 is 1.60 bits per heavy atom. The Hall–Kier alpha value is -3.62. The molecule has 4 rings (SSSR count). The minimum absolute atomic E-state index is 0.492. The van der Waals surface area contributed by atoms with Gasteiger partial charge < -0.3 is 14.2 Å². The van der Waals surface area contributed by atoms with Gasteiger partial charge in [-0.3, -0.25) is 4.57 Å². The van der Waals surface area contributed by atoms with E-state index in [4.69, 9.17) is 32.2 Å². The third-order valence-corrected chi connectivity index (χ3v) is 5.16. The summed E-state index contributed by atoms with van der Waals surface area (Å²) in [6, 6.07) is 17.2. The van der Waals surface area contributed by atoms with Crippen LogP contribution in [0.1, 0.15) is 5.82 Å². The van der Waals surface area contributed by atoms with Crippen molar-refractivity contribution in [2.24, 2.45) is 0 Å². The molecule has 6 heteroatoms. The van der Waals surface area contributed by atoms with Gasteiger partial charge in [0.05, 0.1) is 43.1 Å². The number of aromatic nitrogens is 2. The van der Waals surface area contributed by atoms with Crippen LogP contribution in [0.4, 0.5) is 0 Å². The third kappa shape index (κ3) is 3.42. The van der Waals surface area contributed by atoms with Crippen molar-refractivity contribution in [2.45, 2.75) is 0 Å². The van der Waals surface area contributed by atoms with E-state index in [9.17, 15) is 0 Å². The van der Waals surface area contributed by atoms with Crippen molar-refractivity contribution in [3.63, 3.8) is 0 Å². The molecule has 0 aliphatic rings. The fourth-order valence-corrected chi connectivity index (χ4v) is 3.64. The molecule has 0 spiro atoms. The first-order valence-electron chi connectivity index (χ1n) is 9.14. The number of benzene rings is 3. The van der Waals surface area contributed by atoms with E-state index in [0.29, 0.717) is 28.1 Å². The molecular formula is C24H19ClN2O3. The van der Waals surface area contributed by atoms with Crippen LogP contribution in [0.2, 0.25) is 5.02 Å². The molecule has 30 heavy (non-hydrogen) atoms. The second kappa shape index (κ2) is 8.02. The maximum atomic E-state index is 6.32. The zero-order chi connectivity index (χ0) is 21.3. The third-order valence-electron chi connectivity index (χ3n) is 4.86. The molecule has 0 amide bonds. The van der Waals surface area contributed by atoms with Crippen LogP contribution in [-0.4, -0.2) is 30.9 Å². The summed E-state index contributed by atoms with van der Waals surface area (Å²) in [4.78, 5) is 4.64. The highest BCUT2D eigenvalue weighted by Gasteiger charge is 2.14. The molecule has 4 aromatic rings. The summed E-state index contributed by atoms with van der Waals surface area (Å²) in [7, 11) is 4.83. The lowest BCUT2D eigenvalue weighted by Gasteiger charge is -2.10. The number of hydrogen-bond donors (Lipinski definition) is 0. The molecule has 3 aromatic carbocycles. The van der Waals surface area contributed by atoms with Crippen LogP contribution in [0, 0.1) is 12.3 Å². The smallest absolute Gasteiger partial charge is 0.190 e. The van der Waals surface area contributed by atoms with E-state index in [1.807, 2.05) is 53.1 Å². The first-order valence-corrected chi connectivity index (χ1v) is 9.52. The molecular weight excluding hydrogens is 400 g/mol. The molecule has 0 bridgehead atoms. The van der Waals surface area contributed by atoms with Crippen molar-refractivity contribution in [1.29, 1.82) is 0 Å². The standard InChI is InChI=1S/C24H19ClN2O3/c1-5-24-26-21-12-15(16-10-18(28-2)14-19(11-16)29-3)6-8-22(21)27(24)17-7-9-23(30-4)20(25)13-17/h1,6-14H,2-4H3. The summed E-state index contributed by atoms with van der Waals surface area (Å²) in [5, 5.41) is 0.500. The molecule has 0 aliphatic heterocycles. The van der Waals surface area contributed by atoms with Gasteiger partial charge in [0.25, 0.3) is 0 Å². The quantitative estimate of drug-likeness (QED) is 0.410. The lowest BCUT2D eigenvalue weighted by Crippen LogP contribution is -1.98. The molecule has 0 unspecified atom stereocenters. The van der Waals surface area contributed by atoms with Crippen molar-refractivity contribution in [3.8, 4) is 46.4 Å². The molecule has 0 saturated carbocycles. The summed E-state index contributed by atoms with van der Waals surface area (Å²) in [6.07, 6.45) is 5.75. The minimum atomic E-state index is 0.492. The van der Waals surface area contributed by atoms with E-state index < -0.39 is 0 Å². The fraction of sp³-hybridized carbons (Fsp3) is 0.125. The Morgan fingerprint density at radius 1 is 0.867 bits per heavy atom. The molecule has 0 radical (unpaired) electrons. The molecule has 0 fully saturated rings. The lowest BCUT2D eigenvalue weighted by molar-refractivity contribution is 0.394. The number of halogens is 1. The Morgan fingerprint density at radius 3 is 2.20 bits per heavy atom. The highest BCUT2D eigenvalue weighted by molar-refractivity contribution is 6.32. The van der Waals surface area contributed by atoms with Gasteiger partial charge in [-0.25, -0.2) is 4.98 Å². The van der Waals surface area contributed by atoms with Gasteiger partial charge in [0, 0.05) is 6.07 Å². The van der Waals surface area contributed by atoms with Gasteiger partial charge >= 0.3 is 0 Å². The van der Waals surface area contributed by atoms with Gasteiger partial charge in [-0.05, 0) is 59.5 Å². The molecule has 0 saturated heterocycles. The average Bonchev–Trinajstić information content (AvgIpc) is 3.16. The highest BCUT2D eigenvalue weighted by atomic mass is 35.5. The van der Waals surface area contributed by atoms with E-state index in [1.165, 1.54) is 0 Å². The molecule has 1 heterocycles. The molecule has 1 aromatic heterocycles. The van der Waals surface area contributed by atoms with E-state index >= 15 is 0 Å². The summed E-state index contributed by atoms with van der Waals surface area (Å²) >= 11 is 6.32. The van der Waals surface area contributed by atoms with E-state index in [1.54, 1.807) is 27.4 Å². The molecule has 5 nitrogen and oxygen atoms in total. The normalized spacial score (nSPS) is 10.6. The van der Waals surface area contributed by atoms with Crippen LogP contribution in [0.25, 0.3) is 27.8 Å². The van der Waals surface area contributed by atoms with E-state index in [2.05, 4.69) is 10.9 Å². The highest BCUT2D eigenvalue weighted by Crippen LogP contribution is 2.33. The summed E-state index contributed by atoms with van der Waals surface area (Å²) in [6.45, 7) is 0. The van der Waals surface area contributed by atoms with Gasteiger partial charge in [-0.15, -0.1) is 6.42 Å². The Labute approximate surface area is 179 Å². The van der Waals surface area contributed by atoms with Crippen molar-refractivity contribution in [1.82, 2.24) is 9.55 Å². The number of fused-ring (bicyclic) bond motifs is 1. The number of nitrogens with zero attached hydrogens (tertiary/aromatic N) is 2.